The van der Waals surface area contributed by atoms with Gasteiger partial charge in [0, 0.05) is 39.3 Å². The van der Waals surface area contributed by atoms with Crippen LogP contribution in [0.15, 0.2) is 24.3 Å². The first-order valence-corrected chi connectivity index (χ1v) is 7.53. The molecule has 0 unspecified atom stereocenters. The molecule has 20 heavy (non-hydrogen) atoms. The summed E-state index contributed by atoms with van der Waals surface area (Å²) in [4.78, 5) is 4.80. The van der Waals surface area contributed by atoms with E-state index in [1.807, 2.05) is 18.2 Å². The van der Waals surface area contributed by atoms with Gasteiger partial charge in [-0.15, -0.1) is 0 Å². The van der Waals surface area contributed by atoms with Gasteiger partial charge in [-0.25, -0.2) is 0 Å². The Morgan fingerprint density at radius 2 is 1.70 bits per heavy atom. The molecular weight excluding hydrogens is 252 g/mol. The number of rotatable bonds is 7. The number of benzene rings is 1. The van der Waals surface area contributed by atoms with Gasteiger partial charge in [0.05, 0.1) is 13.2 Å². The summed E-state index contributed by atoms with van der Waals surface area (Å²) < 4.78 is 5.82. The molecule has 1 aromatic rings. The van der Waals surface area contributed by atoms with Crippen molar-refractivity contribution in [1.29, 1.82) is 0 Å². The van der Waals surface area contributed by atoms with Crippen molar-refractivity contribution in [3.05, 3.63) is 29.8 Å². The molecule has 1 aromatic carbocycles. The Hall–Kier alpha value is -1.10. The van der Waals surface area contributed by atoms with Gasteiger partial charge in [-0.1, -0.05) is 18.2 Å². The Labute approximate surface area is 122 Å². The quantitative estimate of drug-likeness (QED) is 0.764. The van der Waals surface area contributed by atoms with Crippen molar-refractivity contribution in [2.24, 2.45) is 0 Å². The van der Waals surface area contributed by atoms with Crippen molar-refractivity contribution in [3.63, 3.8) is 0 Å². The molecule has 1 N–H and O–H groups in total. The van der Waals surface area contributed by atoms with E-state index < -0.39 is 0 Å². The van der Waals surface area contributed by atoms with Gasteiger partial charge in [-0.2, -0.15) is 0 Å². The Kier molecular flexibility index (Phi) is 6.30. The fourth-order valence-corrected chi connectivity index (χ4v) is 2.57. The first kappa shape index (κ1) is 15.3. The van der Waals surface area contributed by atoms with Crippen molar-refractivity contribution in [3.8, 4) is 5.75 Å². The lowest BCUT2D eigenvalue weighted by Gasteiger charge is -2.34. The number of ether oxygens (including phenoxy) is 1. The predicted molar refractivity (Wildman–Crippen MR) is 81.3 cm³/mol. The highest BCUT2D eigenvalue weighted by Crippen LogP contribution is 2.16. The molecule has 0 saturated carbocycles. The number of piperazine rings is 1. The lowest BCUT2D eigenvalue weighted by atomic mass is 10.2. The van der Waals surface area contributed by atoms with Crippen LogP contribution < -0.4 is 4.74 Å². The van der Waals surface area contributed by atoms with Crippen LogP contribution in [0, 0.1) is 6.92 Å². The number of hydrogen-bond donors (Lipinski definition) is 1. The molecule has 0 aliphatic carbocycles. The van der Waals surface area contributed by atoms with Crippen LogP contribution in [0.3, 0.4) is 0 Å². The normalized spacial score (nSPS) is 17.3. The zero-order valence-corrected chi connectivity index (χ0v) is 12.4. The van der Waals surface area contributed by atoms with Crippen molar-refractivity contribution in [2.45, 2.75) is 13.3 Å². The number of nitrogens with zero attached hydrogens (tertiary/aromatic N) is 2. The Morgan fingerprint density at radius 3 is 2.35 bits per heavy atom. The van der Waals surface area contributed by atoms with E-state index in [9.17, 15) is 0 Å². The van der Waals surface area contributed by atoms with E-state index in [4.69, 9.17) is 9.84 Å². The van der Waals surface area contributed by atoms with E-state index in [1.54, 1.807) is 0 Å². The van der Waals surface area contributed by atoms with Gasteiger partial charge in [0.15, 0.2) is 0 Å². The topological polar surface area (TPSA) is 35.9 Å². The second-order valence-electron chi connectivity index (χ2n) is 5.37. The average Bonchev–Trinajstić information content (AvgIpc) is 2.47. The minimum absolute atomic E-state index is 0.268. The van der Waals surface area contributed by atoms with Crippen molar-refractivity contribution in [2.75, 3.05) is 52.5 Å². The van der Waals surface area contributed by atoms with Crippen LogP contribution >= 0.6 is 0 Å². The summed E-state index contributed by atoms with van der Waals surface area (Å²) >= 11 is 0. The van der Waals surface area contributed by atoms with Crippen LogP contribution in [0.5, 0.6) is 5.75 Å². The number of β-amino-alcohol motifs (C(OH)–C–C–N with tert-alkyl or cyclic N) is 1. The standard InChI is InChI=1S/C16H26N2O2/c1-15-5-2-3-6-16(15)20-14-4-7-17-8-10-18(11-9-17)12-13-19/h2-3,5-6,19H,4,7-14H2,1H3. The minimum atomic E-state index is 0.268. The average molecular weight is 278 g/mol. The van der Waals surface area contributed by atoms with Crippen LogP contribution in [0.25, 0.3) is 0 Å². The molecule has 1 heterocycles. The molecule has 1 aliphatic heterocycles. The largest absolute Gasteiger partial charge is 0.493 e. The SMILES string of the molecule is Cc1ccccc1OCCCN1CCN(CCO)CC1. The molecule has 4 nitrogen and oxygen atoms in total. The minimum Gasteiger partial charge on any atom is -0.493 e. The van der Waals surface area contributed by atoms with E-state index in [2.05, 4.69) is 22.8 Å². The van der Waals surface area contributed by atoms with Gasteiger partial charge >= 0.3 is 0 Å². The number of aliphatic hydroxyl groups excluding tert-OH is 1. The highest BCUT2D eigenvalue weighted by atomic mass is 16.5. The second-order valence-corrected chi connectivity index (χ2v) is 5.37. The molecule has 2 rings (SSSR count). The number of aryl methyl sites for hydroxylation is 1. The lowest BCUT2D eigenvalue weighted by Crippen LogP contribution is -2.47. The lowest BCUT2D eigenvalue weighted by molar-refractivity contribution is 0.108. The molecule has 1 aliphatic rings. The summed E-state index contributed by atoms with van der Waals surface area (Å²) in [6, 6.07) is 8.16. The van der Waals surface area contributed by atoms with Crippen LogP contribution in [-0.2, 0) is 0 Å². The fourth-order valence-electron chi connectivity index (χ4n) is 2.57. The molecule has 4 heteroatoms. The molecule has 0 bridgehead atoms. The summed E-state index contributed by atoms with van der Waals surface area (Å²) in [5, 5.41) is 8.92. The molecule has 0 amide bonds. The van der Waals surface area contributed by atoms with Gasteiger partial charge in [0.2, 0.25) is 0 Å². The van der Waals surface area contributed by atoms with Crippen LogP contribution in [0.1, 0.15) is 12.0 Å². The first-order valence-electron chi connectivity index (χ1n) is 7.53. The second kappa shape index (κ2) is 8.25. The van der Waals surface area contributed by atoms with Crippen molar-refractivity contribution >= 4 is 0 Å². The van der Waals surface area contributed by atoms with Gasteiger partial charge in [0.1, 0.15) is 5.75 Å². The van der Waals surface area contributed by atoms with Crippen molar-refractivity contribution in [1.82, 2.24) is 9.80 Å². The Morgan fingerprint density at radius 1 is 1.05 bits per heavy atom. The van der Waals surface area contributed by atoms with Crippen molar-refractivity contribution < 1.29 is 9.84 Å². The van der Waals surface area contributed by atoms with Gasteiger partial charge < -0.3 is 14.7 Å². The number of hydrogen-bond acceptors (Lipinski definition) is 4. The van der Waals surface area contributed by atoms with E-state index in [0.717, 1.165) is 58.0 Å². The van der Waals surface area contributed by atoms with E-state index in [-0.39, 0.29) is 6.61 Å². The monoisotopic (exact) mass is 278 g/mol. The molecule has 1 saturated heterocycles. The van der Waals surface area contributed by atoms with Crippen LogP contribution in [0.4, 0.5) is 0 Å². The third kappa shape index (κ3) is 4.78. The fraction of sp³-hybridized carbons (Fsp3) is 0.625. The van der Waals surface area contributed by atoms with Crippen LogP contribution in [-0.4, -0.2) is 67.4 Å². The Bertz CT molecular complexity index is 390. The third-order valence-corrected chi connectivity index (χ3v) is 3.85. The van der Waals surface area contributed by atoms with Crippen LogP contribution in [0.2, 0.25) is 0 Å². The number of para-hydroxylation sites is 1. The highest BCUT2D eigenvalue weighted by molar-refractivity contribution is 5.31. The van der Waals surface area contributed by atoms with E-state index >= 15 is 0 Å². The van der Waals surface area contributed by atoms with Gasteiger partial charge in [0.25, 0.3) is 0 Å². The summed E-state index contributed by atoms with van der Waals surface area (Å²) in [6.45, 7) is 9.37. The maximum Gasteiger partial charge on any atom is 0.122 e. The smallest absolute Gasteiger partial charge is 0.122 e. The molecule has 0 aromatic heterocycles. The Balaban J connectivity index is 1.59. The predicted octanol–water partition coefficient (Wildman–Crippen LogP) is 1.37. The third-order valence-electron chi connectivity index (χ3n) is 3.85. The maximum absolute atomic E-state index is 8.92. The zero-order valence-electron chi connectivity index (χ0n) is 12.4. The molecule has 112 valence electrons. The highest BCUT2D eigenvalue weighted by Gasteiger charge is 2.15. The summed E-state index contributed by atoms with van der Waals surface area (Å²) in [7, 11) is 0. The van der Waals surface area contributed by atoms with E-state index in [0.29, 0.717) is 0 Å². The molecule has 0 spiro atoms. The maximum atomic E-state index is 8.92. The molecular formula is C16H26N2O2. The molecule has 0 atom stereocenters. The number of aliphatic hydroxyl groups is 1. The zero-order chi connectivity index (χ0) is 14.2. The summed E-state index contributed by atoms with van der Waals surface area (Å²) in [6.07, 6.45) is 1.06. The van der Waals surface area contributed by atoms with Gasteiger partial charge in [-0.3, -0.25) is 4.90 Å². The molecule has 0 radical (unpaired) electrons. The van der Waals surface area contributed by atoms with E-state index in [1.165, 1.54) is 5.56 Å². The summed E-state index contributed by atoms with van der Waals surface area (Å²) in [5.41, 5.74) is 1.20. The molecule has 1 fully saturated rings. The summed E-state index contributed by atoms with van der Waals surface area (Å²) in [5.74, 6) is 1.00. The first-order chi connectivity index (χ1) is 9.79. The van der Waals surface area contributed by atoms with Gasteiger partial charge in [-0.05, 0) is 25.0 Å².